The molecule has 0 spiro atoms. The number of aliphatic hydroxyl groups is 1. The lowest BCUT2D eigenvalue weighted by Gasteiger charge is -2.19. The Labute approximate surface area is 829 Å². The Balaban J connectivity index is 0.000000153. The standard InChI is InChI=1S/C26H25ClN5O7P.C22H26N5O8P.C22H26N5O7P.C21H24N5O7P/c1-17-38-21(23(39-17)19-7-9-20(27)10-8-19)14-37-40(34,36-13-18-5-3-2-4-6-18)16-35-12-11-32-15-29-22-24(32)30-26(28)31-25(22)33;1-14-3-5-16(6-4-14)10-32-36(30,33-11-18-17(9-28)34-15(2)35-18)13-31-8-7-27-12-24-19-20(27)25-22(23)26-21(19)29;1-14-4-6-17(7-5-14)10-31-35(29,32-11-18-15(2)33-16(3)34-18)13-30-9-8-27-12-24-19-20(27)25-22(23)26-21(19)28;1-14-3-5-16(6-4-14)9-31-34(28,32-11-17-10-30-15(2)33-17)13-29-8-7-26-12-23-18-19(26)24-21(22)25-20(18)27/h2-10,15H,1,11-14,16H2,(H3,28,30,31,33);3-6,12,28H,2,7-11,13H2,1H3,(H3,23,25,26,29);4-7,12H,3,8-11,13H2,1-2H3,(H3,23,25,26,28);3-6,10,12H,2,7-9,11,13H2,1H3,(H3,22,24,25,27). The number of nitrogens with zero attached hydrogens (tertiary/aromatic N) is 12. The number of aliphatic hydroxyl groups excluding tert-OH is 1. The third kappa shape index (κ3) is 30.2. The molecule has 4 aliphatic heterocycles. The fourth-order valence-electron chi connectivity index (χ4n) is 13.2. The van der Waals surface area contributed by atoms with Gasteiger partial charge < -0.3 is 121 Å². The normalized spacial score (nSPS) is 15.1. The van der Waals surface area contributed by atoms with E-state index in [0.717, 1.165) is 38.9 Å². The van der Waals surface area contributed by atoms with E-state index in [1.807, 2.05) is 124 Å². The van der Waals surface area contributed by atoms with Gasteiger partial charge in [0.2, 0.25) is 23.8 Å². The molecular weight excluding hydrogens is 2000 g/mol. The van der Waals surface area contributed by atoms with E-state index in [-0.39, 0.29) is 218 Å². The number of aromatic nitrogens is 16. The number of nitrogens with one attached hydrogen (secondary N) is 4. The van der Waals surface area contributed by atoms with E-state index in [0.29, 0.717) is 56.2 Å². The predicted octanol–water partition coefficient (Wildman–Crippen LogP) is 12.7. The summed E-state index contributed by atoms with van der Waals surface area (Å²) in [7, 11) is -15.0. The van der Waals surface area contributed by atoms with Crippen LogP contribution in [0.15, 0.2) is 263 Å². The molecule has 5 aromatic carbocycles. The van der Waals surface area contributed by atoms with Crippen molar-refractivity contribution in [3.05, 3.63) is 335 Å². The number of hydrogen-bond acceptors (Lipinski definition) is 41. The topological polar surface area (TPSA) is 631 Å². The van der Waals surface area contributed by atoms with Crippen LogP contribution in [0.5, 0.6) is 0 Å². The lowest BCUT2D eigenvalue weighted by molar-refractivity contribution is 0.114. The average molecular weight is 2100 g/mol. The van der Waals surface area contributed by atoms with E-state index in [9.17, 15) is 42.5 Å². The van der Waals surface area contributed by atoms with Crippen LogP contribution in [0.25, 0.3) is 50.4 Å². The molecule has 12 heterocycles. The van der Waals surface area contributed by atoms with Crippen molar-refractivity contribution in [1.29, 1.82) is 0 Å². The SMILES string of the molecule is C=C1OC(C)=C(COP(=O)(COCCn2cnc3c(=O)[nH]c(N)nc32)OCc2ccc(C)cc2)O1.C=C1OC(CO)=C(COP(=O)(COCCn2cnc3c(=O)[nH]c(N)nc32)OCc2ccc(C)cc2)O1.C=C1OC(COP(=O)(COCCn2cnc3c(=O)[nH]c(N)nc32)OCc2ccccc2)=C(c2ccc(Cl)cc2)O1.C=C1OC=C(COP(=O)(COCCn2cnc3c(=O)[nH]c(N)nc32)OCc2ccc(C)cc2)O1. The minimum Gasteiger partial charge on any atom is -0.431 e. The number of allylic oxidation sites excluding steroid dienone is 1. The van der Waals surface area contributed by atoms with E-state index in [1.165, 1.54) is 31.6 Å². The number of aromatic amines is 4. The summed E-state index contributed by atoms with van der Waals surface area (Å²) in [4.78, 5) is 89.9. The molecule has 4 aliphatic rings. The Hall–Kier alpha value is -14.3. The minimum atomic E-state index is -3.81. The number of fused-ring (bicyclic) bond motifs is 4. The summed E-state index contributed by atoms with van der Waals surface area (Å²) in [6.07, 6.45) is 5.78. The minimum absolute atomic E-state index is 0.0158. The molecule has 17 rings (SSSR count). The maximum absolute atomic E-state index is 13.8. The largest absolute Gasteiger partial charge is 0.431 e. The fraction of sp³-hybridized carbons (Fsp3) is 0.275. The van der Waals surface area contributed by atoms with Crippen molar-refractivity contribution in [2.24, 2.45) is 0 Å². The zero-order chi connectivity index (χ0) is 103. The first-order chi connectivity index (χ1) is 69.6. The first kappa shape index (κ1) is 106. The molecule has 0 fully saturated rings. The quantitative estimate of drug-likeness (QED) is 0.0126. The van der Waals surface area contributed by atoms with Gasteiger partial charge in [0.25, 0.3) is 46.0 Å². The summed E-state index contributed by atoms with van der Waals surface area (Å²) in [5, 5.41) is 9.97. The summed E-state index contributed by atoms with van der Waals surface area (Å²) >= 11 is 6.00. The van der Waals surface area contributed by atoms with Crippen LogP contribution < -0.4 is 45.2 Å². The number of halogens is 1. The van der Waals surface area contributed by atoms with Gasteiger partial charge in [-0.25, -0.2) is 19.9 Å². The maximum atomic E-state index is 13.8. The van der Waals surface area contributed by atoms with Crippen molar-refractivity contribution < 1.29 is 116 Å². The Bertz CT molecular complexity index is 7450. The van der Waals surface area contributed by atoms with Gasteiger partial charge in [0.05, 0.1) is 78.2 Å². The van der Waals surface area contributed by atoms with E-state index in [1.54, 1.807) is 49.5 Å². The van der Waals surface area contributed by atoms with Crippen LogP contribution in [0.2, 0.25) is 5.02 Å². The summed E-state index contributed by atoms with van der Waals surface area (Å²) in [6, 6.07) is 39.0. The van der Waals surface area contributed by atoms with Gasteiger partial charge in [-0.05, 0) is 101 Å². The number of benzene rings is 5. The molecule has 13 aromatic rings. The van der Waals surface area contributed by atoms with Crippen molar-refractivity contribution >= 4 is 116 Å². The molecule has 13 N–H and O–H groups in total. The smallest absolute Gasteiger partial charge is 0.356 e. The second kappa shape index (κ2) is 49.3. The number of ether oxygens (including phenoxy) is 12. The van der Waals surface area contributed by atoms with E-state index in [2.05, 4.69) is 86.1 Å². The number of H-pyrrole nitrogens is 4. The average Bonchev–Trinajstić information content (AvgIpc) is 1.67. The molecular formula is C91H101ClN20O29P4. The summed E-state index contributed by atoms with van der Waals surface area (Å²) in [5.41, 5.74) is 29.9. The van der Waals surface area contributed by atoms with Gasteiger partial charge in [-0.15, -0.1) is 0 Å². The highest BCUT2D eigenvalue weighted by molar-refractivity contribution is 7.54. The summed E-state index contributed by atoms with van der Waals surface area (Å²) < 4.78 is 171. The van der Waals surface area contributed by atoms with Gasteiger partial charge in [-0.2, -0.15) is 19.9 Å². The molecule has 766 valence electrons. The van der Waals surface area contributed by atoms with Crippen molar-refractivity contribution in [2.75, 3.05) is 108 Å². The molecule has 0 radical (unpaired) electrons. The number of aryl methyl sites for hydroxylation is 3. The Morgan fingerprint density at radius 1 is 0.366 bits per heavy atom. The highest BCUT2D eigenvalue weighted by Gasteiger charge is 2.35. The van der Waals surface area contributed by atoms with Gasteiger partial charge in [-0.3, -0.25) is 75.5 Å². The Kier molecular flexibility index (Phi) is 36.2. The Morgan fingerprint density at radius 2 is 0.676 bits per heavy atom. The first-order valence-corrected chi connectivity index (χ1v) is 51.1. The van der Waals surface area contributed by atoms with Crippen LogP contribution in [-0.4, -0.2) is 168 Å². The zero-order valence-electron chi connectivity index (χ0n) is 78.4. The van der Waals surface area contributed by atoms with Crippen LogP contribution >= 0.6 is 42.0 Å². The number of hydrogen-bond donors (Lipinski definition) is 9. The number of nitrogens with two attached hydrogens (primary N) is 4. The molecule has 0 aliphatic carbocycles. The number of rotatable bonds is 46. The van der Waals surface area contributed by atoms with E-state index in [4.69, 9.17) is 128 Å². The van der Waals surface area contributed by atoms with Crippen LogP contribution in [-0.2, 0) is 164 Å². The lowest BCUT2D eigenvalue weighted by Crippen LogP contribution is -2.13. The van der Waals surface area contributed by atoms with Gasteiger partial charge in [0.1, 0.15) is 70.4 Å². The van der Waals surface area contributed by atoms with Crippen LogP contribution in [0.3, 0.4) is 0 Å². The molecule has 0 amide bonds. The fourth-order valence-corrected chi connectivity index (χ4v) is 18.3. The molecule has 4 unspecified atom stereocenters. The van der Waals surface area contributed by atoms with Crippen molar-refractivity contribution in [3.63, 3.8) is 0 Å². The monoisotopic (exact) mass is 2100 g/mol. The van der Waals surface area contributed by atoms with Gasteiger partial charge >= 0.3 is 30.4 Å². The maximum Gasteiger partial charge on any atom is 0.356 e. The van der Waals surface area contributed by atoms with Crippen LogP contribution in [0, 0.1) is 20.8 Å². The molecule has 145 heavy (non-hydrogen) atoms. The third-order valence-electron chi connectivity index (χ3n) is 20.6. The van der Waals surface area contributed by atoms with E-state index < -0.39 is 59.2 Å². The highest BCUT2D eigenvalue weighted by Crippen LogP contribution is 2.54. The summed E-state index contributed by atoms with van der Waals surface area (Å²) in [5.74, 6) is 2.18. The number of anilines is 4. The Morgan fingerprint density at radius 3 is 1.02 bits per heavy atom. The van der Waals surface area contributed by atoms with Gasteiger partial charge in [0.15, 0.2) is 79.2 Å². The molecule has 8 aromatic heterocycles. The second-order valence-corrected chi connectivity index (χ2v) is 40.0. The molecule has 49 nitrogen and oxygen atoms in total. The van der Waals surface area contributed by atoms with Gasteiger partial charge in [0, 0.05) is 36.8 Å². The van der Waals surface area contributed by atoms with Crippen molar-refractivity contribution in [2.45, 2.75) is 80.3 Å². The van der Waals surface area contributed by atoms with Crippen molar-refractivity contribution in [1.82, 2.24) is 78.1 Å². The predicted molar refractivity (Wildman–Crippen MR) is 525 cm³/mol. The zero-order valence-corrected chi connectivity index (χ0v) is 82.7. The molecule has 54 heteroatoms. The third-order valence-corrected chi connectivity index (χ3v) is 27.0. The molecule has 4 atom stereocenters. The van der Waals surface area contributed by atoms with Crippen LogP contribution in [0.4, 0.5) is 23.8 Å². The van der Waals surface area contributed by atoms with Gasteiger partial charge in [-0.1, -0.05) is 131 Å². The number of nitrogen functional groups attached to an aromatic ring is 4. The van der Waals surface area contributed by atoms with E-state index >= 15 is 0 Å². The number of imidazole rings is 4. The second-order valence-electron chi connectivity index (χ2n) is 31.6. The molecule has 0 saturated heterocycles. The molecule has 0 saturated carbocycles. The highest BCUT2D eigenvalue weighted by atomic mass is 35.5. The molecule has 0 bridgehead atoms. The lowest BCUT2D eigenvalue weighted by atomic mass is 10.2. The van der Waals surface area contributed by atoms with Crippen LogP contribution in [0.1, 0.15) is 51.4 Å². The first-order valence-electron chi connectivity index (χ1n) is 43.8. The summed E-state index contributed by atoms with van der Waals surface area (Å²) in [6.45, 7) is 22.4. The van der Waals surface area contributed by atoms with Crippen molar-refractivity contribution in [3.8, 4) is 0 Å².